The van der Waals surface area contributed by atoms with Gasteiger partial charge >= 0.3 is 0 Å². The molecule has 2 aromatic carbocycles. The monoisotopic (exact) mass is 468 g/mol. The highest BCUT2D eigenvalue weighted by molar-refractivity contribution is 7.89. The van der Waals surface area contributed by atoms with Gasteiger partial charge in [-0.25, -0.2) is 8.42 Å². The van der Waals surface area contributed by atoms with E-state index in [1.807, 2.05) is 18.2 Å². The van der Waals surface area contributed by atoms with E-state index in [1.54, 1.807) is 40.1 Å². The Balaban J connectivity index is 1.25. The lowest BCUT2D eigenvalue weighted by atomic mass is 10.2. The van der Waals surface area contributed by atoms with Crippen LogP contribution in [0.25, 0.3) is 0 Å². The quantitative estimate of drug-likeness (QED) is 0.620. The van der Waals surface area contributed by atoms with Crippen molar-refractivity contribution >= 4 is 27.5 Å². The molecule has 4 rings (SSSR count). The predicted molar refractivity (Wildman–Crippen MR) is 126 cm³/mol. The van der Waals surface area contributed by atoms with Crippen LogP contribution >= 0.6 is 0 Å². The van der Waals surface area contributed by atoms with Gasteiger partial charge < -0.3 is 14.7 Å². The van der Waals surface area contributed by atoms with Crippen LogP contribution < -0.4 is 4.90 Å². The summed E-state index contributed by atoms with van der Waals surface area (Å²) in [5.41, 5.74) is 1.14. The van der Waals surface area contributed by atoms with Gasteiger partial charge in [-0.15, -0.1) is 0 Å². The van der Waals surface area contributed by atoms with Crippen molar-refractivity contribution in [3.8, 4) is 0 Å². The first-order valence-corrected chi connectivity index (χ1v) is 12.5. The smallest absolute Gasteiger partial charge is 0.246 e. The number of amides is 2. The zero-order valence-corrected chi connectivity index (χ0v) is 19.2. The largest absolute Gasteiger partial charge is 0.368 e. The maximum Gasteiger partial charge on any atom is 0.246 e. The minimum Gasteiger partial charge on any atom is -0.368 e. The van der Waals surface area contributed by atoms with Crippen molar-refractivity contribution in [2.24, 2.45) is 0 Å². The number of carbonyl (C=O) groups is 2. The molecule has 2 saturated heterocycles. The fourth-order valence-corrected chi connectivity index (χ4v) is 5.51. The van der Waals surface area contributed by atoms with Crippen LogP contribution in [0.2, 0.25) is 0 Å². The minimum absolute atomic E-state index is 0.179. The molecule has 8 nitrogen and oxygen atoms in total. The number of para-hydroxylation sites is 1. The van der Waals surface area contributed by atoms with Crippen LogP contribution in [-0.4, -0.2) is 86.7 Å². The summed E-state index contributed by atoms with van der Waals surface area (Å²) in [4.78, 5) is 30.9. The van der Waals surface area contributed by atoms with E-state index in [4.69, 9.17) is 0 Å². The van der Waals surface area contributed by atoms with Crippen molar-refractivity contribution in [1.82, 2.24) is 14.1 Å². The molecule has 174 valence electrons. The molecule has 2 heterocycles. The molecule has 0 atom stereocenters. The van der Waals surface area contributed by atoms with Crippen molar-refractivity contribution in [3.05, 3.63) is 72.8 Å². The van der Waals surface area contributed by atoms with Gasteiger partial charge in [-0.2, -0.15) is 4.31 Å². The van der Waals surface area contributed by atoms with Crippen LogP contribution in [0, 0.1) is 0 Å². The minimum atomic E-state index is -3.56. The first kappa shape index (κ1) is 23.0. The van der Waals surface area contributed by atoms with E-state index in [0.29, 0.717) is 26.2 Å². The van der Waals surface area contributed by atoms with Gasteiger partial charge in [-0.1, -0.05) is 36.4 Å². The summed E-state index contributed by atoms with van der Waals surface area (Å²) in [6, 6.07) is 18.4. The van der Waals surface area contributed by atoms with Gasteiger partial charge in [0.15, 0.2) is 0 Å². The average Bonchev–Trinajstić information content (AvgIpc) is 2.88. The van der Waals surface area contributed by atoms with Crippen LogP contribution in [-0.2, 0) is 19.6 Å². The van der Waals surface area contributed by atoms with Crippen LogP contribution in [0.1, 0.15) is 0 Å². The van der Waals surface area contributed by atoms with E-state index in [0.717, 1.165) is 18.8 Å². The summed E-state index contributed by atoms with van der Waals surface area (Å²) < 4.78 is 26.8. The lowest BCUT2D eigenvalue weighted by molar-refractivity contribution is -0.129. The van der Waals surface area contributed by atoms with Gasteiger partial charge in [0.05, 0.1) is 4.90 Å². The molecule has 0 unspecified atom stereocenters. The van der Waals surface area contributed by atoms with Gasteiger partial charge in [0.25, 0.3) is 0 Å². The van der Waals surface area contributed by atoms with E-state index >= 15 is 0 Å². The van der Waals surface area contributed by atoms with Gasteiger partial charge in [0.2, 0.25) is 21.8 Å². The number of benzene rings is 2. The van der Waals surface area contributed by atoms with E-state index < -0.39 is 10.0 Å². The Morgan fingerprint density at radius 2 is 1.09 bits per heavy atom. The van der Waals surface area contributed by atoms with Crippen molar-refractivity contribution < 1.29 is 18.0 Å². The zero-order valence-electron chi connectivity index (χ0n) is 18.4. The molecule has 0 aliphatic carbocycles. The molecule has 0 N–H and O–H groups in total. The maximum absolute atomic E-state index is 12.7. The highest BCUT2D eigenvalue weighted by Crippen LogP contribution is 2.18. The van der Waals surface area contributed by atoms with E-state index in [1.165, 1.54) is 16.5 Å². The summed E-state index contributed by atoms with van der Waals surface area (Å²) in [7, 11) is -3.56. The first-order valence-electron chi connectivity index (χ1n) is 11.1. The normalized spacial score (nSPS) is 18.0. The Kier molecular flexibility index (Phi) is 7.10. The third-order valence-electron chi connectivity index (χ3n) is 6.01. The number of hydrogen-bond donors (Lipinski definition) is 0. The number of hydrogen-bond acceptors (Lipinski definition) is 5. The molecule has 2 aromatic rings. The second kappa shape index (κ2) is 10.2. The van der Waals surface area contributed by atoms with E-state index in [2.05, 4.69) is 17.0 Å². The summed E-state index contributed by atoms with van der Waals surface area (Å²) in [5.74, 6) is -0.454. The fourth-order valence-electron chi connectivity index (χ4n) is 4.07. The van der Waals surface area contributed by atoms with Gasteiger partial charge in [0.1, 0.15) is 0 Å². The maximum atomic E-state index is 12.7. The molecule has 0 saturated carbocycles. The second-order valence-corrected chi connectivity index (χ2v) is 9.96. The van der Waals surface area contributed by atoms with Crippen LogP contribution in [0.4, 0.5) is 5.69 Å². The van der Waals surface area contributed by atoms with Crippen molar-refractivity contribution in [3.63, 3.8) is 0 Å². The molecule has 0 radical (unpaired) electrons. The number of anilines is 1. The Morgan fingerprint density at radius 3 is 1.61 bits per heavy atom. The molecular weight excluding hydrogens is 440 g/mol. The highest BCUT2D eigenvalue weighted by Gasteiger charge is 2.29. The second-order valence-electron chi connectivity index (χ2n) is 8.02. The lowest BCUT2D eigenvalue weighted by Crippen LogP contribution is -2.50. The molecule has 33 heavy (non-hydrogen) atoms. The fraction of sp³-hybridized carbons (Fsp3) is 0.333. The van der Waals surface area contributed by atoms with E-state index in [9.17, 15) is 18.0 Å². The number of sulfonamides is 1. The molecular formula is C24H28N4O4S. The molecule has 2 amide bonds. The van der Waals surface area contributed by atoms with Crippen molar-refractivity contribution in [2.45, 2.75) is 4.90 Å². The van der Waals surface area contributed by atoms with Crippen LogP contribution in [0.5, 0.6) is 0 Å². The summed E-state index contributed by atoms with van der Waals surface area (Å²) in [6.45, 7) is 3.73. The zero-order chi connectivity index (χ0) is 23.3. The van der Waals surface area contributed by atoms with Gasteiger partial charge in [-0.05, 0) is 24.3 Å². The molecule has 2 fully saturated rings. The Hall–Kier alpha value is -3.17. The van der Waals surface area contributed by atoms with Crippen LogP contribution in [0.15, 0.2) is 77.7 Å². The Labute approximate surface area is 194 Å². The summed E-state index contributed by atoms with van der Waals surface area (Å²) >= 11 is 0. The lowest BCUT2D eigenvalue weighted by Gasteiger charge is -2.35. The SMILES string of the molecule is O=C(C=CC(=O)N1CCN(S(=O)(=O)c2ccccc2)CC1)N1CCN(c2ccccc2)CC1. The Morgan fingerprint density at radius 1 is 0.636 bits per heavy atom. The van der Waals surface area contributed by atoms with Crippen molar-refractivity contribution in [1.29, 1.82) is 0 Å². The molecule has 0 bridgehead atoms. The average molecular weight is 469 g/mol. The summed E-state index contributed by atoms with van der Waals surface area (Å²) in [6.07, 6.45) is 2.63. The first-order chi connectivity index (χ1) is 15.9. The number of piperazine rings is 2. The van der Waals surface area contributed by atoms with Crippen molar-refractivity contribution in [2.75, 3.05) is 57.3 Å². The molecule has 0 aromatic heterocycles. The Bertz CT molecular complexity index is 1090. The molecule has 2 aliphatic rings. The van der Waals surface area contributed by atoms with E-state index in [-0.39, 0.29) is 29.8 Å². The topological polar surface area (TPSA) is 81.2 Å². The number of carbonyl (C=O) groups excluding carboxylic acids is 2. The highest BCUT2D eigenvalue weighted by atomic mass is 32.2. The van der Waals surface area contributed by atoms with Crippen LogP contribution in [0.3, 0.4) is 0 Å². The summed E-state index contributed by atoms with van der Waals surface area (Å²) in [5, 5.41) is 0. The van der Waals surface area contributed by atoms with Gasteiger partial charge in [0, 0.05) is 70.2 Å². The molecule has 9 heteroatoms. The predicted octanol–water partition coefficient (Wildman–Crippen LogP) is 1.42. The molecule has 2 aliphatic heterocycles. The molecule has 0 spiro atoms. The standard InChI is InChI=1S/C24H28N4O4S/c29-23(26-15-13-25(14-16-26)21-7-3-1-4-8-21)11-12-24(30)27-17-19-28(20-18-27)33(31,32)22-9-5-2-6-10-22/h1-12H,13-20H2. The number of rotatable bonds is 5. The van der Waals surface area contributed by atoms with Gasteiger partial charge in [-0.3, -0.25) is 9.59 Å². The third-order valence-corrected chi connectivity index (χ3v) is 7.93. The third kappa shape index (κ3) is 5.43. The number of nitrogens with zero attached hydrogens (tertiary/aromatic N) is 4.